The average Bonchev–Trinajstić information content (AvgIpc) is 2.48. The third-order valence-electron chi connectivity index (χ3n) is 2.89. The van der Waals surface area contributed by atoms with Crippen LogP contribution in [0.15, 0.2) is 41.0 Å². The number of aromatic nitrogens is 1. The molecule has 21 heavy (non-hydrogen) atoms. The molecule has 2 aromatic rings. The van der Waals surface area contributed by atoms with E-state index in [1.165, 1.54) is 6.20 Å². The van der Waals surface area contributed by atoms with Crippen molar-refractivity contribution in [3.63, 3.8) is 0 Å². The number of carbonyl (C=O) groups is 1. The summed E-state index contributed by atoms with van der Waals surface area (Å²) in [6.45, 7) is 2.60. The minimum absolute atomic E-state index is 0.294. The van der Waals surface area contributed by atoms with Crippen LogP contribution in [-0.4, -0.2) is 17.6 Å². The second kappa shape index (κ2) is 7.08. The molecule has 1 heterocycles. The zero-order chi connectivity index (χ0) is 15.2. The molecule has 0 fully saturated rings. The molecule has 1 aromatic heterocycles. The second-order valence-electron chi connectivity index (χ2n) is 4.29. The fourth-order valence-corrected chi connectivity index (χ4v) is 2.25. The van der Waals surface area contributed by atoms with Gasteiger partial charge in [-0.1, -0.05) is 34.1 Å². The number of nitrogens with two attached hydrogens (primary N) is 1. The number of nitrogens with one attached hydrogen (secondary N) is 1. The van der Waals surface area contributed by atoms with E-state index in [1.54, 1.807) is 13.0 Å². The third kappa shape index (κ3) is 3.72. The van der Waals surface area contributed by atoms with Crippen molar-refractivity contribution in [3.05, 3.63) is 52.1 Å². The first-order valence-electron chi connectivity index (χ1n) is 6.52. The van der Waals surface area contributed by atoms with Gasteiger partial charge in [-0.05, 0) is 24.6 Å². The summed E-state index contributed by atoms with van der Waals surface area (Å²) < 4.78 is 5.96. The third-order valence-corrected chi connectivity index (χ3v) is 3.66. The summed E-state index contributed by atoms with van der Waals surface area (Å²) in [7, 11) is 0. The fourth-order valence-electron chi connectivity index (χ4n) is 1.82. The number of carbonyl (C=O) groups excluding carboxylic acids is 1. The first-order chi connectivity index (χ1) is 10.1. The normalized spacial score (nSPS) is 10.2. The van der Waals surface area contributed by atoms with Crippen LogP contribution in [-0.2, 0) is 11.3 Å². The van der Waals surface area contributed by atoms with Gasteiger partial charge in [-0.25, -0.2) is 9.78 Å². The van der Waals surface area contributed by atoms with Crippen molar-refractivity contribution in [1.29, 1.82) is 0 Å². The summed E-state index contributed by atoms with van der Waals surface area (Å²) in [6.07, 6.45) is 1.53. The van der Waals surface area contributed by atoms with Gasteiger partial charge in [0.15, 0.2) is 0 Å². The fraction of sp³-hybridized carbons (Fsp3) is 0.200. The van der Waals surface area contributed by atoms with Crippen molar-refractivity contribution in [2.45, 2.75) is 13.5 Å². The maximum atomic E-state index is 11.8. The molecule has 2 rings (SSSR count). The summed E-state index contributed by atoms with van der Waals surface area (Å²) in [5.41, 5.74) is 7.66. The molecule has 0 radical (unpaired) electrons. The van der Waals surface area contributed by atoms with E-state index in [-0.39, 0.29) is 0 Å². The molecule has 1 aromatic carbocycles. The Morgan fingerprint density at radius 2 is 2.14 bits per heavy atom. The monoisotopic (exact) mass is 349 g/mol. The van der Waals surface area contributed by atoms with Gasteiger partial charge in [0.25, 0.3) is 0 Å². The number of nitrogen functional groups attached to an aromatic ring is 1. The van der Waals surface area contributed by atoms with Crippen LogP contribution in [0.3, 0.4) is 0 Å². The van der Waals surface area contributed by atoms with Crippen molar-refractivity contribution in [3.8, 4) is 0 Å². The number of pyridine rings is 1. The van der Waals surface area contributed by atoms with Crippen molar-refractivity contribution in [2.24, 2.45) is 0 Å². The van der Waals surface area contributed by atoms with E-state index in [4.69, 9.17) is 10.5 Å². The largest absolute Gasteiger partial charge is 0.462 e. The molecule has 0 aliphatic heterocycles. The van der Waals surface area contributed by atoms with Gasteiger partial charge >= 0.3 is 5.97 Å². The maximum absolute atomic E-state index is 11.8. The molecule has 0 spiro atoms. The highest BCUT2D eigenvalue weighted by molar-refractivity contribution is 9.10. The van der Waals surface area contributed by atoms with E-state index < -0.39 is 5.97 Å². The highest BCUT2D eigenvalue weighted by Gasteiger charge is 2.14. The van der Waals surface area contributed by atoms with Crippen LogP contribution in [0.2, 0.25) is 0 Å². The Morgan fingerprint density at radius 3 is 2.86 bits per heavy atom. The number of esters is 1. The lowest BCUT2D eigenvalue weighted by Gasteiger charge is -2.12. The zero-order valence-corrected chi connectivity index (χ0v) is 13.2. The van der Waals surface area contributed by atoms with Gasteiger partial charge in [-0.3, -0.25) is 0 Å². The standard InChI is InChI=1S/C15H16BrN3O2/c1-2-21-15(20)11-7-8-18-14(13(11)17)19-9-10-5-3-4-6-12(10)16/h3-8H,2,9,17H2,1H3,(H,18,19). The number of ether oxygens (including phenoxy) is 1. The van der Waals surface area contributed by atoms with Gasteiger partial charge in [0.05, 0.1) is 17.9 Å². The summed E-state index contributed by atoms with van der Waals surface area (Å²) in [5, 5.41) is 3.13. The lowest BCUT2D eigenvalue weighted by molar-refractivity contribution is 0.0527. The van der Waals surface area contributed by atoms with Gasteiger partial charge in [-0.15, -0.1) is 0 Å². The topological polar surface area (TPSA) is 77.2 Å². The van der Waals surface area contributed by atoms with Crippen LogP contribution >= 0.6 is 15.9 Å². The van der Waals surface area contributed by atoms with E-state index >= 15 is 0 Å². The Balaban J connectivity index is 2.16. The van der Waals surface area contributed by atoms with Gasteiger partial charge in [0, 0.05) is 17.2 Å². The van der Waals surface area contributed by atoms with Crippen LogP contribution in [0.1, 0.15) is 22.8 Å². The molecule has 0 saturated carbocycles. The van der Waals surface area contributed by atoms with Crippen molar-refractivity contribution >= 4 is 33.4 Å². The number of benzene rings is 1. The molecule has 3 N–H and O–H groups in total. The molecule has 110 valence electrons. The quantitative estimate of drug-likeness (QED) is 0.810. The van der Waals surface area contributed by atoms with E-state index in [1.807, 2.05) is 24.3 Å². The van der Waals surface area contributed by atoms with Gasteiger partial charge < -0.3 is 15.8 Å². The van der Waals surface area contributed by atoms with Crippen molar-refractivity contribution in [2.75, 3.05) is 17.7 Å². The summed E-state index contributed by atoms with van der Waals surface area (Å²) in [6, 6.07) is 9.40. The van der Waals surface area contributed by atoms with E-state index in [9.17, 15) is 4.79 Å². The lowest BCUT2D eigenvalue weighted by atomic mass is 10.2. The Bertz CT molecular complexity index is 647. The summed E-state index contributed by atoms with van der Waals surface area (Å²) in [4.78, 5) is 15.9. The molecular formula is C15H16BrN3O2. The maximum Gasteiger partial charge on any atom is 0.340 e. The van der Waals surface area contributed by atoms with E-state index in [0.29, 0.717) is 30.2 Å². The molecule has 0 unspecified atom stereocenters. The van der Waals surface area contributed by atoms with Crippen molar-refractivity contribution < 1.29 is 9.53 Å². The molecule has 0 bridgehead atoms. The molecule has 5 nitrogen and oxygen atoms in total. The first kappa shape index (κ1) is 15.3. The van der Waals surface area contributed by atoms with Crippen LogP contribution in [0.5, 0.6) is 0 Å². The lowest BCUT2D eigenvalue weighted by Crippen LogP contribution is -2.12. The molecule has 0 atom stereocenters. The number of hydrogen-bond acceptors (Lipinski definition) is 5. The van der Waals surface area contributed by atoms with E-state index in [0.717, 1.165) is 10.0 Å². The number of halogens is 1. The van der Waals surface area contributed by atoms with Gasteiger partial charge in [0.1, 0.15) is 5.82 Å². The van der Waals surface area contributed by atoms with Gasteiger partial charge in [-0.2, -0.15) is 0 Å². The molecule has 6 heteroatoms. The summed E-state index contributed by atoms with van der Waals surface area (Å²) in [5.74, 6) is 0.0256. The minimum atomic E-state index is -0.443. The molecule has 0 amide bonds. The Hall–Kier alpha value is -2.08. The SMILES string of the molecule is CCOC(=O)c1ccnc(NCc2ccccc2Br)c1N. The molecule has 0 saturated heterocycles. The molecule has 0 aliphatic rings. The van der Waals surface area contributed by atoms with Gasteiger partial charge in [0.2, 0.25) is 0 Å². The van der Waals surface area contributed by atoms with Crippen LogP contribution in [0, 0.1) is 0 Å². The highest BCUT2D eigenvalue weighted by Crippen LogP contribution is 2.23. The Kier molecular flexibility index (Phi) is 5.16. The number of hydrogen-bond donors (Lipinski definition) is 2. The smallest absolute Gasteiger partial charge is 0.340 e. The predicted octanol–water partition coefficient (Wildman–Crippen LogP) is 3.22. The van der Waals surface area contributed by atoms with Crippen LogP contribution < -0.4 is 11.1 Å². The molecule has 0 aliphatic carbocycles. The van der Waals surface area contributed by atoms with Crippen LogP contribution in [0.4, 0.5) is 11.5 Å². The van der Waals surface area contributed by atoms with Crippen molar-refractivity contribution in [1.82, 2.24) is 4.98 Å². The highest BCUT2D eigenvalue weighted by atomic mass is 79.9. The second-order valence-corrected chi connectivity index (χ2v) is 5.14. The number of nitrogens with zero attached hydrogens (tertiary/aromatic N) is 1. The Morgan fingerprint density at radius 1 is 1.38 bits per heavy atom. The summed E-state index contributed by atoms with van der Waals surface area (Å²) >= 11 is 3.48. The van der Waals surface area contributed by atoms with E-state index in [2.05, 4.69) is 26.2 Å². The number of rotatable bonds is 5. The van der Waals surface area contributed by atoms with Crippen LogP contribution in [0.25, 0.3) is 0 Å². The zero-order valence-electron chi connectivity index (χ0n) is 11.6. The minimum Gasteiger partial charge on any atom is -0.462 e. The predicted molar refractivity (Wildman–Crippen MR) is 86.1 cm³/mol. The average molecular weight is 350 g/mol. The Labute approximate surface area is 131 Å². The first-order valence-corrected chi connectivity index (χ1v) is 7.31. The molecular weight excluding hydrogens is 334 g/mol. The number of anilines is 2.